The molecule has 21 heavy (non-hydrogen) atoms. The van der Waals surface area contributed by atoms with Crippen molar-refractivity contribution in [3.8, 4) is 5.75 Å². The number of nitrogens with two attached hydrogens (primary N) is 1. The normalized spacial score (nSPS) is 10.2. The van der Waals surface area contributed by atoms with Crippen molar-refractivity contribution in [2.24, 2.45) is 5.73 Å². The van der Waals surface area contributed by atoms with E-state index < -0.39 is 5.91 Å². The maximum absolute atomic E-state index is 12.4. The summed E-state index contributed by atoms with van der Waals surface area (Å²) in [6.07, 6.45) is 0.123. The monoisotopic (exact) mass is 303 g/mol. The molecule has 0 aromatic heterocycles. The van der Waals surface area contributed by atoms with Gasteiger partial charge in [0.05, 0.1) is 12.7 Å². The number of halogens is 1. The van der Waals surface area contributed by atoms with Gasteiger partial charge in [-0.15, -0.1) is 0 Å². The molecule has 2 N–H and O–H groups in total. The van der Waals surface area contributed by atoms with Crippen LogP contribution < -0.4 is 10.5 Å². The van der Waals surface area contributed by atoms with E-state index in [9.17, 15) is 9.59 Å². The van der Waals surface area contributed by atoms with Gasteiger partial charge in [-0.2, -0.15) is 0 Å². The quantitative estimate of drug-likeness (QED) is 0.863. The van der Waals surface area contributed by atoms with Gasteiger partial charge in [-0.25, -0.2) is 0 Å². The molecule has 5 heteroatoms. The first-order valence-corrected chi connectivity index (χ1v) is 6.65. The number of carbonyl (C=O) groups excluding carboxylic acids is 2. The highest BCUT2D eigenvalue weighted by Crippen LogP contribution is 2.23. The number of amides is 1. The number of Topliss-reactive ketones (excluding diaryl/α,β-unsaturated/α-hetero) is 1. The van der Waals surface area contributed by atoms with Crippen molar-refractivity contribution >= 4 is 23.3 Å². The van der Waals surface area contributed by atoms with Crippen molar-refractivity contribution in [1.29, 1.82) is 0 Å². The van der Waals surface area contributed by atoms with Crippen LogP contribution in [0.3, 0.4) is 0 Å². The smallest absolute Gasteiger partial charge is 0.248 e. The van der Waals surface area contributed by atoms with Crippen LogP contribution in [0.15, 0.2) is 42.5 Å². The summed E-state index contributed by atoms with van der Waals surface area (Å²) in [7, 11) is 1.46. The highest BCUT2D eigenvalue weighted by atomic mass is 35.5. The lowest BCUT2D eigenvalue weighted by Gasteiger charge is -2.09. The zero-order valence-electron chi connectivity index (χ0n) is 11.4. The second-order valence-electron chi connectivity index (χ2n) is 4.47. The van der Waals surface area contributed by atoms with Crippen molar-refractivity contribution in [3.63, 3.8) is 0 Å². The first-order chi connectivity index (χ1) is 10.0. The van der Waals surface area contributed by atoms with Gasteiger partial charge in [0, 0.05) is 17.0 Å². The molecule has 0 saturated heterocycles. The number of carbonyl (C=O) groups is 2. The first kappa shape index (κ1) is 15.1. The van der Waals surface area contributed by atoms with Crippen LogP contribution in [0.25, 0.3) is 0 Å². The van der Waals surface area contributed by atoms with E-state index in [1.54, 1.807) is 24.3 Å². The SMILES string of the molecule is COc1ccc(C(N)=O)cc1C(=O)Cc1ccccc1Cl. The number of methoxy groups -OCH3 is 1. The molecule has 1 amide bonds. The minimum absolute atomic E-state index is 0.123. The molecule has 2 rings (SSSR count). The molecular weight excluding hydrogens is 290 g/mol. The third-order valence-electron chi connectivity index (χ3n) is 3.09. The summed E-state index contributed by atoms with van der Waals surface area (Å²) in [6, 6.07) is 11.6. The van der Waals surface area contributed by atoms with Crippen LogP contribution in [-0.4, -0.2) is 18.8 Å². The van der Waals surface area contributed by atoms with E-state index in [2.05, 4.69) is 0 Å². The molecular formula is C16H14ClNO3. The van der Waals surface area contributed by atoms with Crippen molar-refractivity contribution < 1.29 is 14.3 Å². The minimum Gasteiger partial charge on any atom is -0.496 e. The number of hydrogen-bond donors (Lipinski definition) is 1. The highest BCUT2D eigenvalue weighted by Gasteiger charge is 2.16. The molecule has 0 saturated carbocycles. The number of rotatable bonds is 5. The Morgan fingerprint density at radius 2 is 1.90 bits per heavy atom. The maximum atomic E-state index is 12.4. The van der Waals surface area contributed by atoms with Gasteiger partial charge in [-0.05, 0) is 29.8 Å². The molecule has 0 spiro atoms. The van der Waals surface area contributed by atoms with Gasteiger partial charge in [0.1, 0.15) is 5.75 Å². The Balaban J connectivity index is 2.36. The lowest BCUT2D eigenvalue weighted by molar-refractivity contribution is 0.0990. The third kappa shape index (κ3) is 3.41. The lowest BCUT2D eigenvalue weighted by atomic mass is 10.00. The highest BCUT2D eigenvalue weighted by molar-refractivity contribution is 6.31. The van der Waals surface area contributed by atoms with E-state index in [4.69, 9.17) is 22.1 Å². The Bertz CT molecular complexity index is 698. The molecule has 0 heterocycles. The Labute approximate surface area is 127 Å². The van der Waals surface area contributed by atoms with Gasteiger partial charge >= 0.3 is 0 Å². The van der Waals surface area contributed by atoms with Crippen LogP contribution in [0, 0.1) is 0 Å². The maximum Gasteiger partial charge on any atom is 0.248 e. The van der Waals surface area contributed by atoms with E-state index in [-0.39, 0.29) is 17.8 Å². The first-order valence-electron chi connectivity index (χ1n) is 6.27. The average molecular weight is 304 g/mol. The molecule has 4 nitrogen and oxygen atoms in total. The largest absolute Gasteiger partial charge is 0.496 e. The van der Waals surface area contributed by atoms with E-state index in [0.29, 0.717) is 16.3 Å². The second-order valence-corrected chi connectivity index (χ2v) is 4.88. The topological polar surface area (TPSA) is 69.4 Å². The number of ketones is 1. The number of hydrogen-bond acceptors (Lipinski definition) is 3. The summed E-state index contributed by atoms with van der Waals surface area (Å²) in [5.74, 6) is -0.385. The predicted molar refractivity (Wildman–Crippen MR) is 81.0 cm³/mol. The van der Waals surface area contributed by atoms with Gasteiger partial charge in [-0.3, -0.25) is 9.59 Å². The number of ether oxygens (including phenoxy) is 1. The standard InChI is InChI=1S/C16H14ClNO3/c1-21-15-7-6-11(16(18)20)8-12(15)14(19)9-10-4-2-3-5-13(10)17/h2-8H,9H2,1H3,(H2,18,20). The molecule has 2 aromatic carbocycles. The molecule has 2 aromatic rings. The van der Waals surface area contributed by atoms with Crippen LogP contribution in [0.2, 0.25) is 5.02 Å². The van der Waals surface area contributed by atoms with Crippen molar-refractivity contribution in [3.05, 3.63) is 64.2 Å². The summed E-state index contributed by atoms with van der Waals surface area (Å²) in [5.41, 5.74) is 6.53. The fraction of sp³-hybridized carbons (Fsp3) is 0.125. The van der Waals surface area contributed by atoms with Gasteiger partial charge < -0.3 is 10.5 Å². The third-order valence-corrected chi connectivity index (χ3v) is 3.46. The predicted octanol–water partition coefficient (Wildman–Crippen LogP) is 2.87. The fourth-order valence-corrected chi connectivity index (χ4v) is 2.19. The Kier molecular flexibility index (Phi) is 4.60. The molecule has 0 fully saturated rings. The van der Waals surface area contributed by atoms with Gasteiger partial charge in [-0.1, -0.05) is 29.8 Å². The van der Waals surface area contributed by atoms with E-state index in [1.165, 1.54) is 19.2 Å². The molecule has 108 valence electrons. The summed E-state index contributed by atoms with van der Waals surface area (Å²) < 4.78 is 5.16. The molecule has 0 aliphatic heterocycles. The fourth-order valence-electron chi connectivity index (χ4n) is 1.99. The lowest BCUT2D eigenvalue weighted by Crippen LogP contribution is -2.13. The zero-order chi connectivity index (χ0) is 15.4. The molecule has 0 unspecified atom stereocenters. The Hall–Kier alpha value is -2.33. The summed E-state index contributed by atoms with van der Waals surface area (Å²) in [4.78, 5) is 23.7. The average Bonchev–Trinajstić information content (AvgIpc) is 2.48. The summed E-state index contributed by atoms with van der Waals surface area (Å²) in [5, 5.41) is 0.524. The summed E-state index contributed by atoms with van der Waals surface area (Å²) >= 11 is 6.05. The Morgan fingerprint density at radius 3 is 2.52 bits per heavy atom. The molecule has 0 radical (unpaired) electrons. The van der Waals surface area contributed by atoms with E-state index >= 15 is 0 Å². The molecule has 0 atom stereocenters. The number of benzene rings is 2. The van der Waals surface area contributed by atoms with Crippen LogP contribution in [-0.2, 0) is 6.42 Å². The van der Waals surface area contributed by atoms with Crippen LogP contribution >= 0.6 is 11.6 Å². The van der Waals surface area contributed by atoms with Crippen LogP contribution in [0.1, 0.15) is 26.3 Å². The molecule has 0 aliphatic rings. The van der Waals surface area contributed by atoms with Crippen LogP contribution in [0.4, 0.5) is 0 Å². The Morgan fingerprint density at radius 1 is 1.19 bits per heavy atom. The van der Waals surface area contributed by atoms with Crippen molar-refractivity contribution in [2.75, 3.05) is 7.11 Å². The zero-order valence-corrected chi connectivity index (χ0v) is 12.2. The van der Waals surface area contributed by atoms with Gasteiger partial charge in [0.15, 0.2) is 5.78 Å². The number of primary amides is 1. The molecule has 0 aliphatic carbocycles. The van der Waals surface area contributed by atoms with Gasteiger partial charge in [0.25, 0.3) is 0 Å². The van der Waals surface area contributed by atoms with Crippen molar-refractivity contribution in [1.82, 2.24) is 0 Å². The van der Waals surface area contributed by atoms with E-state index in [0.717, 1.165) is 5.56 Å². The van der Waals surface area contributed by atoms with Crippen LogP contribution in [0.5, 0.6) is 5.75 Å². The summed E-state index contributed by atoms with van der Waals surface area (Å²) in [6.45, 7) is 0. The second kappa shape index (κ2) is 6.41. The van der Waals surface area contributed by atoms with Crippen molar-refractivity contribution in [2.45, 2.75) is 6.42 Å². The minimum atomic E-state index is -0.593. The van der Waals surface area contributed by atoms with Gasteiger partial charge in [0.2, 0.25) is 5.91 Å². The molecule has 0 bridgehead atoms. The van der Waals surface area contributed by atoms with E-state index in [1.807, 2.05) is 6.07 Å².